The van der Waals surface area contributed by atoms with Gasteiger partial charge in [0, 0.05) is 5.69 Å². The van der Waals surface area contributed by atoms with Gasteiger partial charge in [0.1, 0.15) is 18.3 Å². The van der Waals surface area contributed by atoms with Gasteiger partial charge < -0.3 is 30.2 Å². The summed E-state index contributed by atoms with van der Waals surface area (Å²) >= 11 is 0. The Morgan fingerprint density at radius 2 is 1.95 bits per heavy atom. The summed E-state index contributed by atoms with van der Waals surface area (Å²) in [5.41, 5.74) is -0.479. The zero-order chi connectivity index (χ0) is 15.5. The van der Waals surface area contributed by atoms with Crippen molar-refractivity contribution in [3.63, 3.8) is 0 Å². The summed E-state index contributed by atoms with van der Waals surface area (Å²) in [6, 6.07) is 9.37. The van der Waals surface area contributed by atoms with Crippen LogP contribution in [0.2, 0.25) is 0 Å². The summed E-state index contributed by atoms with van der Waals surface area (Å²) in [6.45, 7) is 0.308. The van der Waals surface area contributed by atoms with E-state index in [-0.39, 0.29) is 13.2 Å². The second-order valence-electron chi connectivity index (χ2n) is 4.75. The average molecular weight is 300 g/mol. The number of anilines is 1. The zero-order valence-electron chi connectivity index (χ0n) is 11.0. The number of fused-ring (bicyclic) bond motifs is 1. The first-order chi connectivity index (χ1) is 9.92. The molecule has 2 aliphatic rings. The number of para-hydroxylation sites is 1. The number of nitrogens with zero attached hydrogens (tertiary/aromatic N) is 1. The fourth-order valence-corrected chi connectivity index (χ4v) is 2.39. The van der Waals surface area contributed by atoms with Crippen LogP contribution in [0.15, 0.2) is 30.3 Å². The fourth-order valence-electron chi connectivity index (χ4n) is 2.39. The van der Waals surface area contributed by atoms with Crippen molar-refractivity contribution in [2.45, 2.75) is 24.0 Å². The summed E-state index contributed by atoms with van der Waals surface area (Å²) in [5, 5.41) is 36.7. The Balaban J connectivity index is 0.000000361. The number of hydrogen-bond acceptors (Lipinski definition) is 7. The summed E-state index contributed by atoms with van der Waals surface area (Å²) in [5.74, 6) is 0. The lowest BCUT2D eigenvalue weighted by atomic mass is 10.0. The molecule has 0 radical (unpaired) electrons. The van der Waals surface area contributed by atoms with Gasteiger partial charge >= 0.3 is 0 Å². The van der Waals surface area contributed by atoms with Crippen LogP contribution in [0.5, 0.6) is 0 Å². The van der Waals surface area contributed by atoms with E-state index in [0.29, 0.717) is 0 Å². The van der Waals surface area contributed by atoms with Gasteiger partial charge in [-0.25, -0.2) is 0 Å². The van der Waals surface area contributed by atoms with Crippen molar-refractivity contribution in [2.24, 2.45) is 0 Å². The molecule has 1 aromatic rings. The predicted octanol–water partition coefficient (Wildman–Crippen LogP) is -0.402. The minimum Gasteiger partial charge on any atom is -0.388 e. The quantitative estimate of drug-likeness (QED) is 0.329. The molecule has 0 unspecified atom stereocenters. The second-order valence-corrected chi connectivity index (χ2v) is 4.75. The molecule has 2 aliphatic heterocycles. The maximum Gasteiger partial charge on any atom is 0.291 e. The number of ether oxygens (including phenoxy) is 2. The molecule has 0 bridgehead atoms. The normalized spacial score (nSPS) is 33.7. The van der Waals surface area contributed by atoms with E-state index in [0.717, 1.165) is 5.69 Å². The Morgan fingerprint density at radius 3 is 2.57 bits per heavy atom. The van der Waals surface area contributed by atoms with Gasteiger partial charge in [-0.05, 0) is 12.1 Å². The van der Waals surface area contributed by atoms with Crippen molar-refractivity contribution >= 4 is 5.69 Å². The van der Waals surface area contributed by atoms with E-state index in [9.17, 15) is 10.2 Å². The topological polar surface area (TPSA) is 134 Å². The molecule has 2 heterocycles. The lowest BCUT2D eigenvalue weighted by Crippen LogP contribution is -2.50. The highest BCUT2D eigenvalue weighted by molar-refractivity contribution is 5.45. The molecule has 4 atom stereocenters. The number of aliphatic hydroxyl groups is 2. The van der Waals surface area contributed by atoms with E-state index in [1.165, 1.54) is 0 Å². The maximum atomic E-state index is 10.5. The van der Waals surface area contributed by atoms with Crippen LogP contribution >= 0.6 is 0 Å². The van der Waals surface area contributed by atoms with Crippen molar-refractivity contribution in [3.8, 4) is 0 Å². The van der Waals surface area contributed by atoms with Crippen LogP contribution in [0, 0.1) is 10.1 Å². The molecule has 9 heteroatoms. The summed E-state index contributed by atoms with van der Waals surface area (Å²) < 4.78 is 10.8. The number of aliphatic hydroxyl groups excluding tert-OH is 1. The molecule has 2 fully saturated rings. The van der Waals surface area contributed by atoms with E-state index in [4.69, 9.17) is 24.8 Å². The monoisotopic (exact) mass is 300 g/mol. The number of hydrogen-bond donors (Lipinski definition) is 4. The third kappa shape index (κ3) is 3.58. The van der Waals surface area contributed by atoms with Crippen molar-refractivity contribution in [1.29, 1.82) is 0 Å². The molecule has 0 amide bonds. The Hall–Kier alpha value is -1.94. The van der Waals surface area contributed by atoms with Crippen molar-refractivity contribution in [3.05, 3.63) is 40.4 Å². The first kappa shape index (κ1) is 15.4. The first-order valence-electron chi connectivity index (χ1n) is 6.22. The standard InChI is InChI=1S/C12H15NO4.HNO3/c14-9-6-16-11-10(9)17-7-12(11,15)13-8-4-2-1-3-5-8;2-1(3)4/h1-5,9-11,13-15H,6-7H2;(H,2,3,4)/t9-,10-,11+,12-;/m1./s1. The van der Waals surface area contributed by atoms with Crippen LogP contribution in [0.1, 0.15) is 0 Å². The Kier molecular flexibility index (Phi) is 4.58. The number of rotatable bonds is 2. The third-order valence-corrected chi connectivity index (χ3v) is 3.23. The van der Waals surface area contributed by atoms with E-state index < -0.39 is 29.1 Å². The highest BCUT2D eigenvalue weighted by Gasteiger charge is 2.56. The van der Waals surface area contributed by atoms with E-state index in [1.807, 2.05) is 30.3 Å². The van der Waals surface area contributed by atoms with Gasteiger partial charge in [0.25, 0.3) is 5.09 Å². The molecule has 3 rings (SSSR count). The molecular weight excluding hydrogens is 284 g/mol. The van der Waals surface area contributed by atoms with Crippen molar-refractivity contribution in [2.75, 3.05) is 18.5 Å². The molecule has 0 spiro atoms. The minimum absolute atomic E-state index is 0.105. The first-order valence-corrected chi connectivity index (χ1v) is 6.22. The molecule has 9 nitrogen and oxygen atoms in total. The maximum absolute atomic E-state index is 10.5. The SMILES string of the molecule is O=[N+]([O-])O.O[C@@H]1CO[C@H]2[C@@H]1OC[C@]2(O)Nc1ccccc1. The van der Waals surface area contributed by atoms with Crippen LogP contribution in [-0.4, -0.2) is 57.8 Å². The largest absolute Gasteiger partial charge is 0.388 e. The molecule has 1 aromatic carbocycles. The lowest BCUT2D eigenvalue weighted by Gasteiger charge is -2.28. The average Bonchev–Trinajstić information content (AvgIpc) is 2.93. The van der Waals surface area contributed by atoms with Gasteiger partial charge in [-0.1, -0.05) is 18.2 Å². The Morgan fingerprint density at radius 1 is 1.33 bits per heavy atom. The Labute approximate surface area is 119 Å². The van der Waals surface area contributed by atoms with Crippen LogP contribution < -0.4 is 5.32 Å². The number of nitrogens with one attached hydrogen (secondary N) is 1. The fraction of sp³-hybridized carbons (Fsp3) is 0.500. The van der Waals surface area contributed by atoms with E-state index >= 15 is 0 Å². The Bertz CT molecular complexity index is 482. The van der Waals surface area contributed by atoms with Crippen LogP contribution in [-0.2, 0) is 9.47 Å². The van der Waals surface area contributed by atoms with E-state index in [1.54, 1.807) is 0 Å². The molecule has 0 aromatic heterocycles. The molecule has 4 N–H and O–H groups in total. The molecule has 2 saturated heterocycles. The van der Waals surface area contributed by atoms with Gasteiger partial charge in [-0.15, -0.1) is 10.1 Å². The van der Waals surface area contributed by atoms with E-state index in [2.05, 4.69) is 5.32 Å². The summed E-state index contributed by atoms with van der Waals surface area (Å²) in [6.07, 6.45) is -1.64. The molecular formula is C12H16N2O7. The van der Waals surface area contributed by atoms with Crippen molar-refractivity contribution < 1.29 is 30.0 Å². The van der Waals surface area contributed by atoms with Gasteiger partial charge in [-0.3, -0.25) is 0 Å². The summed E-state index contributed by atoms with van der Waals surface area (Å²) in [4.78, 5) is 8.36. The van der Waals surface area contributed by atoms with Gasteiger partial charge in [-0.2, -0.15) is 0 Å². The second kappa shape index (κ2) is 6.22. The smallest absolute Gasteiger partial charge is 0.291 e. The van der Waals surface area contributed by atoms with Crippen LogP contribution in [0.4, 0.5) is 5.69 Å². The molecule has 0 aliphatic carbocycles. The molecule has 116 valence electrons. The van der Waals surface area contributed by atoms with Crippen LogP contribution in [0.3, 0.4) is 0 Å². The minimum atomic E-state index is -1.50. The van der Waals surface area contributed by atoms with Gasteiger partial charge in [0.05, 0.1) is 13.2 Å². The highest BCUT2D eigenvalue weighted by Crippen LogP contribution is 2.34. The third-order valence-electron chi connectivity index (χ3n) is 3.23. The van der Waals surface area contributed by atoms with Crippen molar-refractivity contribution in [1.82, 2.24) is 0 Å². The molecule has 21 heavy (non-hydrogen) atoms. The molecule has 0 saturated carbocycles. The summed E-state index contributed by atoms with van der Waals surface area (Å²) in [7, 11) is 0. The lowest BCUT2D eigenvalue weighted by molar-refractivity contribution is -0.742. The van der Waals surface area contributed by atoms with Gasteiger partial charge in [0.15, 0.2) is 5.72 Å². The van der Waals surface area contributed by atoms with Crippen LogP contribution in [0.25, 0.3) is 0 Å². The zero-order valence-corrected chi connectivity index (χ0v) is 11.0. The van der Waals surface area contributed by atoms with Gasteiger partial charge in [0.2, 0.25) is 0 Å². The highest BCUT2D eigenvalue weighted by atomic mass is 16.9. The number of benzene rings is 1. The predicted molar refractivity (Wildman–Crippen MR) is 69.3 cm³/mol.